The number of nitrogens with one attached hydrogen (secondary N) is 2. The van der Waals surface area contributed by atoms with Crippen LogP contribution in [0.2, 0.25) is 0 Å². The number of carbonyl (C=O) groups is 3. The molecule has 1 fully saturated rings. The molecule has 0 aromatic heterocycles. The van der Waals surface area contributed by atoms with Gasteiger partial charge >= 0.3 is 0 Å². The summed E-state index contributed by atoms with van der Waals surface area (Å²) < 4.78 is 0. The molecule has 6 heteroatoms. The van der Waals surface area contributed by atoms with E-state index >= 15 is 0 Å². The largest absolute Gasteiger partial charge is 0.322 e. The lowest BCUT2D eigenvalue weighted by molar-refractivity contribution is -0.136. The van der Waals surface area contributed by atoms with Gasteiger partial charge in [0, 0.05) is 18.5 Å². The van der Waals surface area contributed by atoms with E-state index in [1.54, 1.807) is 4.90 Å². The molecule has 1 unspecified atom stereocenters. The average Bonchev–Trinajstić information content (AvgIpc) is 2.78. The van der Waals surface area contributed by atoms with Gasteiger partial charge in [0.25, 0.3) is 5.91 Å². The Hall–Kier alpha value is -2.47. The number of rotatable bonds is 3. The van der Waals surface area contributed by atoms with E-state index in [0.717, 1.165) is 37.9 Å². The fourth-order valence-electron chi connectivity index (χ4n) is 4.01. The molecule has 26 heavy (non-hydrogen) atoms. The summed E-state index contributed by atoms with van der Waals surface area (Å²) in [5.74, 6) is -0.735. The summed E-state index contributed by atoms with van der Waals surface area (Å²) in [6.07, 6.45) is 6.01. The molecule has 0 aliphatic carbocycles. The van der Waals surface area contributed by atoms with E-state index in [1.165, 1.54) is 11.1 Å². The van der Waals surface area contributed by atoms with E-state index in [0.29, 0.717) is 18.5 Å². The third-order valence-corrected chi connectivity index (χ3v) is 5.40. The van der Waals surface area contributed by atoms with Gasteiger partial charge in [0.1, 0.15) is 6.04 Å². The summed E-state index contributed by atoms with van der Waals surface area (Å²) >= 11 is 0. The highest BCUT2D eigenvalue weighted by Crippen LogP contribution is 2.29. The van der Waals surface area contributed by atoms with Crippen molar-refractivity contribution < 1.29 is 14.4 Å². The first kappa shape index (κ1) is 17.0. The SMILES string of the molecule is O=C1CCC(N2Cc3cc(CC4=CCCNCC4)ccc3C2=O)C(=O)N1. The van der Waals surface area contributed by atoms with Gasteiger partial charge in [0.2, 0.25) is 11.8 Å². The zero-order chi connectivity index (χ0) is 18.1. The second-order valence-electron chi connectivity index (χ2n) is 7.22. The van der Waals surface area contributed by atoms with Crippen LogP contribution >= 0.6 is 0 Å². The maximum atomic E-state index is 12.7. The first-order valence-electron chi connectivity index (χ1n) is 9.27. The fraction of sp³-hybridized carbons (Fsp3) is 0.450. The second kappa shape index (κ2) is 7.03. The third-order valence-electron chi connectivity index (χ3n) is 5.40. The van der Waals surface area contributed by atoms with Crippen molar-refractivity contribution in [1.29, 1.82) is 0 Å². The van der Waals surface area contributed by atoms with Gasteiger partial charge in [-0.3, -0.25) is 19.7 Å². The van der Waals surface area contributed by atoms with Gasteiger partial charge in [-0.05, 0) is 56.0 Å². The smallest absolute Gasteiger partial charge is 0.255 e. The quantitative estimate of drug-likeness (QED) is 0.634. The number of hydrogen-bond donors (Lipinski definition) is 2. The summed E-state index contributed by atoms with van der Waals surface area (Å²) in [6.45, 7) is 2.48. The minimum absolute atomic E-state index is 0.112. The maximum absolute atomic E-state index is 12.7. The van der Waals surface area contributed by atoms with E-state index < -0.39 is 6.04 Å². The Bertz CT molecular complexity index is 799. The van der Waals surface area contributed by atoms with Crippen LogP contribution in [-0.2, 0) is 22.6 Å². The Morgan fingerprint density at radius 2 is 2.00 bits per heavy atom. The van der Waals surface area contributed by atoms with Gasteiger partial charge in [0.15, 0.2) is 0 Å². The van der Waals surface area contributed by atoms with E-state index in [9.17, 15) is 14.4 Å². The standard InChI is InChI=1S/C20H23N3O3/c24-18-6-5-17(19(25)22-18)23-12-15-11-14(3-4-16(15)20(23)26)10-13-2-1-8-21-9-7-13/h2-4,11,17,21H,1,5-10,12H2,(H,22,24,25). The highest BCUT2D eigenvalue weighted by Gasteiger charge is 2.39. The molecule has 0 radical (unpaired) electrons. The van der Waals surface area contributed by atoms with Crippen molar-refractivity contribution in [1.82, 2.24) is 15.5 Å². The van der Waals surface area contributed by atoms with Crippen molar-refractivity contribution in [2.75, 3.05) is 13.1 Å². The monoisotopic (exact) mass is 353 g/mol. The maximum Gasteiger partial charge on any atom is 0.255 e. The summed E-state index contributed by atoms with van der Waals surface area (Å²) in [5, 5.41) is 5.73. The Labute approximate surface area is 152 Å². The Balaban J connectivity index is 1.50. The lowest BCUT2D eigenvalue weighted by Crippen LogP contribution is -2.52. The topological polar surface area (TPSA) is 78.5 Å². The molecule has 6 nitrogen and oxygen atoms in total. The highest BCUT2D eigenvalue weighted by molar-refractivity contribution is 6.05. The van der Waals surface area contributed by atoms with Crippen molar-refractivity contribution in [3.05, 3.63) is 46.5 Å². The average molecular weight is 353 g/mol. The van der Waals surface area contributed by atoms with Gasteiger partial charge in [-0.25, -0.2) is 0 Å². The van der Waals surface area contributed by atoms with Gasteiger partial charge in [-0.15, -0.1) is 0 Å². The van der Waals surface area contributed by atoms with Crippen LogP contribution in [0, 0.1) is 0 Å². The normalized spacial score (nSPS) is 23.4. The zero-order valence-electron chi connectivity index (χ0n) is 14.7. The molecule has 3 heterocycles. The van der Waals surface area contributed by atoms with Crippen LogP contribution in [-0.4, -0.2) is 41.8 Å². The van der Waals surface area contributed by atoms with E-state index in [2.05, 4.69) is 22.8 Å². The lowest BCUT2D eigenvalue weighted by Gasteiger charge is -2.29. The predicted octanol–water partition coefficient (Wildman–Crippen LogP) is 1.30. The highest BCUT2D eigenvalue weighted by atomic mass is 16.2. The molecule has 3 aliphatic heterocycles. The van der Waals surface area contributed by atoms with Crippen LogP contribution < -0.4 is 10.6 Å². The van der Waals surface area contributed by atoms with Gasteiger partial charge < -0.3 is 10.2 Å². The fourth-order valence-corrected chi connectivity index (χ4v) is 4.01. The number of hydrogen-bond acceptors (Lipinski definition) is 4. The van der Waals surface area contributed by atoms with Crippen molar-refractivity contribution in [2.45, 2.75) is 44.7 Å². The van der Waals surface area contributed by atoms with Gasteiger partial charge in [0.05, 0.1) is 0 Å². The zero-order valence-corrected chi connectivity index (χ0v) is 14.7. The van der Waals surface area contributed by atoms with Crippen molar-refractivity contribution in [3.8, 4) is 0 Å². The second-order valence-corrected chi connectivity index (χ2v) is 7.22. The summed E-state index contributed by atoms with van der Waals surface area (Å²) in [7, 11) is 0. The molecule has 3 amide bonds. The van der Waals surface area contributed by atoms with Crippen LogP contribution in [0.1, 0.15) is 47.2 Å². The summed E-state index contributed by atoms with van der Waals surface area (Å²) in [5.41, 5.74) is 4.29. The molecule has 0 bridgehead atoms. The molecule has 136 valence electrons. The minimum Gasteiger partial charge on any atom is -0.322 e. The van der Waals surface area contributed by atoms with E-state index in [-0.39, 0.29) is 24.1 Å². The van der Waals surface area contributed by atoms with Crippen LogP contribution in [0.5, 0.6) is 0 Å². The molecule has 0 saturated carbocycles. The van der Waals surface area contributed by atoms with Gasteiger partial charge in [-0.2, -0.15) is 0 Å². The van der Waals surface area contributed by atoms with Crippen LogP contribution in [0.25, 0.3) is 0 Å². The molecule has 4 rings (SSSR count). The van der Waals surface area contributed by atoms with Crippen molar-refractivity contribution in [2.24, 2.45) is 0 Å². The molecule has 3 aliphatic rings. The number of carbonyl (C=O) groups excluding carboxylic acids is 3. The number of nitrogens with zero attached hydrogens (tertiary/aromatic N) is 1. The number of imide groups is 1. The van der Waals surface area contributed by atoms with Crippen LogP contribution in [0.3, 0.4) is 0 Å². The molecule has 2 N–H and O–H groups in total. The molecule has 1 aromatic rings. The van der Waals surface area contributed by atoms with Crippen LogP contribution in [0.4, 0.5) is 0 Å². The van der Waals surface area contributed by atoms with Crippen molar-refractivity contribution in [3.63, 3.8) is 0 Å². The Kier molecular flexibility index (Phi) is 4.59. The third kappa shape index (κ3) is 3.29. The lowest BCUT2D eigenvalue weighted by atomic mass is 9.98. The van der Waals surface area contributed by atoms with Crippen molar-refractivity contribution >= 4 is 17.7 Å². The van der Waals surface area contributed by atoms with E-state index in [4.69, 9.17) is 0 Å². The number of amides is 3. The molecular weight excluding hydrogens is 330 g/mol. The molecular formula is C20H23N3O3. The first-order chi connectivity index (χ1) is 12.6. The number of fused-ring (bicyclic) bond motifs is 1. The Morgan fingerprint density at radius 1 is 1.12 bits per heavy atom. The first-order valence-corrected chi connectivity index (χ1v) is 9.27. The van der Waals surface area contributed by atoms with Crippen LogP contribution in [0.15, 0.2) is 29.8 Å². The molecule has 1 aromatic carbocycles. The number of benzene rings is 1. The minimum atomic E-state index is -0.549. The summed E-state index contributed by atoms with van der Waals surface area (Å²) in [4.78, 5) is 37.8. The predicted molar refractivity (Wildman–Crippen MR) is 96.4 cm³/mol. The molecule has 1 atom stereocenters. The summed E-state index contributed by atoms with van der Waals surface area (Å²) in [6, 6.07) is 5.45. The molecule has 1 saturated heterocycles. The van der Waals surface area contributed by atoms with Gasteiger partial charge in [-0.1, -0.05) is 23.8 Å². The van der Waals surface area contributed by atoms with E-state index in [1.807, 2.05) is 12.1 Å². The number of piperidine rings is 1. The Morgan fingerprint density at radius 3 is 2.85 bits per heavy atom. The molecule has 0 spiro atoms.